The smallest absolute Gasteiger partial charge is 0.230 e. The van der Waals surface area contributed by atoms with E-state index in [0.717, 1.165) is 50.6 Å². The molecule has 2 fully saturated rings. The molecule has 0 radical (unpaired) electrons. The molecule has 21 heavy (non-hydrogen) atoms. The highest BCUT2D eigenvalue weighted by molar-refractivity contribution is 5.07. The highest BCUT2D eigenvalue weighted by Gasteiger charge is 2.44. The molecule has 1 saturated heterocycles. The van der Waals surface area contributed by atoms with Crippen molar-refractivity contribution in [2.45, 2.75) is 58.4 Å². The fourth-order valence-electron chi connectivity index (χ4n) is 3.79. The normalized spacial score (nSPS) is 36.0. The molecule has 118 valence electrons. The third-order valence-electron chi connectivity index (χ3n) is 5.78. The fourth-order valence-corrected chi connectivity index (χ4v) is 3.79. The predicted molar refractivity (Wildman–Crippen MR) is 79.8 cm³/mol. The average Bonchev–Trinajstić information content (AvgIpc) is 3.09. The summed E-state index contributed by atoms with van der Waals surface area (Å²) in [7, 11) is 0. The van der Waals surface area contributed by atoms with Crippen LogP contribution < -0.4 is 5.73 Å². The summed E-state index contributed by atoms with van der Waals surface area (Å²) in [6.07, 6.45) is 4.03. The minimum Gasteiger partial charge on any atom is -0.381 e. The van der Waals surface area contributed by atoms with Gasteiger partial charge in [-0.3, -0.25) is 0 Å². The van der Waals surface area contributed by atoms with Crippen LogP contribution in [0.1, 0.15) is 57.7 Å². The lowest BCUT2D eigenvalue weighted by molar-refractivity contribution is 0.0806. The summed E-state index contributed by atoms with van der Waals surface area (Å²) in [6.45, 7) is 8.47. The van der Waals surface area contributed by atoms with Crippen molar-refractivity contribution in [2.24, 2.45) is 23.0 Å². The second-order valence-corrected chi connectivity index (χ2v) is 7.39. The molecule has 1 aliphatic carbocycles. The molecule has 1 aliphatic heterocycles. The summed E-state index contributed by atoms with van der Waals surface area (Å²) in [5, 5.41) is 4.19. The van der Waals surface area contributed by atoms with Crippen LogP contribution in [0.4, 0.5) is 0 Å². The molecular weight excluding hydrogens is 266 g/mol. The summed E-state index contributed by atoms with van der Waals surface area (Å²) in [5.74, 6) is 2.94. The molecule has 2 aliphatic rings. The van der Waals surface area contributed by atoms with Crippen molar-refractivity contribution >= 4 is 0 Å². The van der Waals surface area contributed by atoms with Crippen LogP contribution in [0.2, 0.25) is 0 Å². The molecule has 0 spiro atoms. The van der Waals surface area contributed by atoms with E-state index in [0.29, 0.717) is 17.8 Å². The second kappa shape index (κ2) is 5.69. The molecule has 4 unspecified atom stereocenters. The fraction of sp³-hybridized carbons (Fsp3) is 0.875. The van der Waals surface area contributed by atoms with Gasteiger partial charge in [-0.15, -0.1) is 0 Å². The molecule has 3 rings (SSSR count). The van der Waals surface area contributed by atoms with Crippen LogP contribution in [0, 0.1) is 17.3 Å². The highest BCUT2D eigenvalue weighted by atomic mass is 16.5. The van der Waals surface area contributed by atoms with E-state index in [1.807, 2.05) is 0 Å². The van der Waals surface area contributed by atoms with E-state index in [-0.39, 0.29) is 11.5 Å². The van der Waals surface area contributed by atoms with Gasteiger partial charge < -0.3 is 15.0 Å². The second-order valence-electron chi connectivity index (χ2n) is 7.39. The zero-order valence-electron chi connectivity index (χ0n) is 13.3. The Hall–Kier alpha value is -0.940. The van der Waals surface area contributed by atoms with Crippen LogP contribution in [0.25, 0.3) is 0 Å². The first kappa shape index (κ1) is 15.0. The number of nitrogens with zero attached hydrogens (tertiary/aromatic N) is 2. The van der Waals surface area contributed by atoms with Gasteiger partial charge in [0.25, 0.3) is 0 Å². The third-order valence-corrected chi connectivity index (χ3v) is 5.78. The van der Waals surface area contributed by atoms with E-state index in [4.69, 9.17) is 15.0 Å². The van der Waals surface area contributed by atoms with Crippen molar-refractivity contribution < 1.29 is 9.26 Å². The maximum atomic E-state index is 6.23. The minimum atomic E-state index is 0.0952. The summed E-state index contributed by atoms with van der Waals surface area (Å²) < 4.78 is 11.0. The van der Waals surface area contributed by atoms with Gasteiger partial charge in [0.05, 0.1) is 0 Å². The van der Waals surface area contributed by atoms with Gasteiger partial charge in [-0.05, 0) is 36.5 Å². The van der Waals surface area contributed by atoms with Crippen molar-refractivity contribution in [1.82, 2.24) is 10.1 Å². The molecule has 2 N–H and O–H groups in total. The van der Waals surface area contributed by atoms with Crippen LogP contribution in [-0.4, -0.2) is 29.4 Å². The number of nitrogens with two attached hydrogens (primary N) is 1. The van der Waals surface area contributed by atoms with Crippen molar-refractivity contribution in [1.29, 1.82) is 0 Å². The van der Waals surface area contributed by atoms with Gasteiger partial charge >= 0.3 is 0 Å². The van der Waals surface area contributed by atoms with Crippen LogP contribution in [0.15, 0.2) is 4.52 Å². The Bertz CT molecular complexity index is 480. The van der Waals surface area contributed by atoms with E-state index < -0.39 is 0 Å². The molecule has 1 aromatic rings. The van der Waals surface area contributed by atoms with Crippen molar-refractivity contribution in [2.75, 3.05) is 13.2 Å². The lowest BCUT2D eigenvalue weighted by Gasteiger charge is -2.45. The lowest BCUT2D eigenvalue weighted by Crippen LogP contribution is -2.45. The standard InChI is InChI=1S/C16H27N3O2/c1-10-13(17)5-4-12(16(10,2)3)15-18-14(19-21-15)8-11-6-7-20-9-11/h10-13H,4-9,17H2,1-3H3. The molecular formula is C16H27N3O2. The Kier molecular flexibility index (Phi) is 4.06. The van der Waals surface area contributed by atoms with E-state index in [1.165, 1.54) is 0 Å². The SMILES string of the molecule is CC1C(N)CCC(c2nc(CC3CCOC3)no2)C1(C)C. The van der Waals surface area contributed by atoms with Crippen LogP contribution in [0.3, 0.4) is 0 Å². The molecule has 0 bridgehead atoms. The number of rotatable bonds is 3. The largest absolute Gasteiger partial charge is 0.381 e. The van der Waals surface area contributed by atoms with E-state index in [1.54, 1.807) is 0 Å². The highest BCUT2D eigenvalue weighted by Crippen LogP contribution is 2.49. The molecule has 1 saturated carbocycles. The zero-order valence-corrected chi connectivity index (χ0v) is 13.3. The molecule has 5 nitrogen and oxygen atoms in total. The van der Waals surface area contributed by atoms with Crippen LogP contribution in [-0.2, 0) is 11.2 Å². The summed E-state index contributed by atoms with van der Waals surface area (Å²) >= 11 is 0. The Morgan fingerprint density at radius 2 is 2.10 bits per heavy atom. The minimum absolute atomic E-state index is 0.0952. The molecule has 5 heteroatoms. The Morgan fingerprint density at radius 3 is 2.81 bits per heavy atom. The first-order valence-electron chi connectivity index (χ1n) is 8.14. The molecule has 4 atom stereocenters. The van der Waals surface area contributed by atoms with E-state index >= 15 is 0 Å². The maximum Gasteiger partial charge on any atom is 0.230 e. The van der Waals surface area contributed by atoms with Gasteiger partial charge in [0.1, 0.15) is 0 Å². The van der Waals surface area contributed by atoms with Gasteiger partial charge in [0.15, 0.2) is 5.82 Å². The molecule has 0 aromatic carbocycles. The van der Waals surface area contributed by atoms with E-state index in [9.17, 15) is 0 Å². The number of aromatic nitrogens is 2. The predicted octanol–water partition coefficient (Wildman–Crippen LogP) is 2.52. The zero-order chi connectivity index (χ0) is 15.0. The Labute approximate surface area is 126 Å². The quantitative estimate of drug-likeness (QED) is 0.927. The van der Waals surface area contributed by atoms with Gasteiger partial charge in [-0.1, -0.05) is 25.9 Å². The van der Waals surface area contributed by atoms with Crippen molar-refractivity contribution in [3.63, 3.8) is 0 Å². The third kappa shape index (κ3) is 2.86. The van der Waals surface area contributed by atoms with Gasteiger partial charge in [0.2, 0.25) is 5.89 Å². The average molecular weight is 293 g/mol. The molecule has 2 heterocycles. The van der Waals surface area contributed by atoms with Gasteiger partial charge in [-0.2, -0.15) is 4.98 Å². The number of hydrogen-bond acceptors (Lipinski definition) is 5. The number of hydrogen-bond donors (Lipinski definition) is 1. The monoisotopic (exact) mass is 293 g/mol. The van der Waals surface area contributed by atoms with Gasteiger partial charge in [0, 0.05) is 31.6 Å². The topological polar surface area (TPSA) is 74.2 Å². The lowest BCUT2D eigenvalue weighted by atomic mass is 9.61. The summed E-state index contributed by atoms with van der Waals surface area (Å²) in [6, 6.07) is 0.272. The Balaban J connectivity index is 1.73. The first-order valence-corrected chi connectivity index (χ1v) is 8.14. The van der Waals surface area contributed by atoms with Crippen LogP contribution in [0.5, 0.6) is 0 Å². The van der Waals surface area contributed by atoms with Crippen molar-refractivity contribution in [3.8, 4) is 0 Å². The summed E-state index contributed by atoms with van der Waals surface area (Å²) in [5.41, 5.74) is 6.32. The molecule has 0 amide bonds. The Morgan fingerprint density at radius 1 is 1.29 bits per heavy atom. The number of ether oxygens (including phenoxy) is 1. The van der Waals surface area contributed by atoms with Crippen molar-refractivity contribution in [3.05, 3.63) is 11.7 Å². The molecule has 1 aromatic heterocycles. The first-order chi connectivity index (χ1) is 9.98. The maximum absolute atomic E-state index is 6.23. The summed E-state index contributed by atoms with van der Waals surface area (Å²) in [4.78, 5) is 4.68. The van der Waals surface area contributed by atoms with Crippen LogP contribution >= 0.6 is 0 Å². The van der Waals surface area contributed by atoms with E-state index in [2.05, 4.69) is 30.9 Å². The van der Waals surface area contributed by atoms with Gasteiger partial charge in [-0.25, -0.2) is 0 Å².